The van der Waals surface area contributed by atoms with Crippen LogP contribution in [0.3, 0.4) is 0 Å². The number of hydrogen-bond donors (Lipinski definition) is 3. The van der Waals surface area contributed by atoms with Crippen LogP contribution in [0.4, 0.5) is 14.9 Å². The Labute approximate surface area is 107 Å². The summed E-state index contributed by atoms with van der Waals surface area (Å²) in [5.41, 5.74) is 5.57. The maximum atomic E-state index is 13.2. The van der Waals surface area contributed by atoms with Gasteiger partial charge < -0.3 is 16.4 Å². The van der Waals surface area contributed by atoms with Crippen LogP contribution >= 0.6 is 0 Å². The smallest absolute Gasteiger partial charge is 0.319 e. The molecule has 0 atom stereocenters. The molecule has 0 aliphatic carbocycles. The van der Waals surface area contributed by atoms with Crippen LogP contribution in [0, 0.1) is 5.82 Å². The first kappa shape index (κ1) is 14.4. The second-order valence-corrected chi connectivity index (χ2v) is 4.06. The zero-order valence-electron chi connectivity index (χ0n) is 10.4. The summed E-state index contributed by atoms with van der Waals surface area (Å²) in [5.74, 6) is -0.435. The SMILES string of the molecule is NCCCCCCNC(=O)Nc1ccccc1F. The molecule has 0 aliphatic rings. The van der Waals surface area contributed by atoms with Crippen molar-refractivity contribution in [2.45, 2.75) is 25.7 Å². The number of para-hydroxylation sites is 1. The second kappa shape index (κ2) is 8.47. The van der Waals surface area contributed by atoms with Gasteiger partial charge in [0.2, 0.25) is 0 Å². The summed E-state index contributed by atoms with van der Waals surface area (Å²) in [6.45, 7) is 1.30. The van der Waals surface area contributed by atoms with Gasteiger partial charge in [-0.1, -0.05) is 25.0 Å². The summed E-state index contributed by atoms with van der Waals surface area (Å²) in [5, 5.41) is 5.15. The molecule has 0 saturated heterocycles. The minimum Gasteiger partial charge on any atom is -0.338 e. The minimum absolute atomic E-state index is 0.193. The molecule has 4 N–H and O–H groups in total. The van der Waals surface area contributed by atoms with Crippen LogP contribution in [-0.4, -0.2) is 19.1 Å². The Morgan fingerprint density at radius 2 is 1.89 bits per heavy atom. The molecule has 0 heterocycles. The summed E-state index contributed by atoms with van der Waals surface area (Å²) in [4.78, 5) is 11.4. The Bertz CT molecular complexity index is 371. The minimum atomic E-state index is -0.435. The van der Waals surface area contributed by atoms with Gasteiger partial charge in [-0.05, 0) is 31.5 Å². The number of urea groups is 1. The van der Waals surface area contributed by atoms with Gasteiger partial charge in [-0.2, -0.15) is 0 Å². The van der Waals surface area contributed by atoms with Gasteiger partial charge in [0.1, 0.15) is 5.82 Å². The third-order valence-corrected chi connectivity index (χ3v) is 2.54. The molecule has 0 saturated carbocycles. The molecule has 18 heavy (non-hydrogen) atoms. The van der Waals surface area contributed by atoms with E-state index in [-0.39, 0.29) is 11.7 Å². The van der Waals surface area contributed by atoms with Gasteiger partial charge in [0.05, 0.1) is 5.69 Å². The summed E-state index contributed by atoms with van der Waals surface area (Å²) < 4.78 is 13.2. The van der Waals surface area contributed by atoms with E-state index in [0.29, 0.717) is 13.1 Å². The normalized spacial score (nSPS) is 10.1. The number of carbonyl (C=O) groups excluding carboxylic acids is 1. The Balaban J connectivity index is 2.16. The highest BCUT2D eigenvalue weighted by molar-refractivity contribution is 5.89. The first-order chi connectivity index (χ1) is 8.74. The molecule has 100 valence electrons. The Morgan fingerprint density at radius 3 is 2.61 bits per heavy atom. The molecular weight excluding hydrogens is 233 g/mol. The number of halogens is 1. The van der Waals surface area contributed by atoms with E-state index in [1.807, 2.05) is 0 Å². The number of hydrogen-bond acceptors (Lipinski definition) is 2. The van der Waals surface area contributed by atoms with E-state index in [1.54, 1.807) is 12.1 Å². The number of anilines is 1. The first-order valence-electron chi connectivity index (χ1n) is 6.23. The fourth-order valence-corrected chi connectivity index (χ4v) is 1.55. The van der Waals surface area contributed by atoms with Crippen LogP contribution in [0.1, 0.15) is 25.7 Å². The average Bonchev–Trinajstić information content (AvgIpc) is 2.36. The van der Waals surface area contributed by atoms with Crippen molar-refractivity contribution in [2.24, 2.45) is 5.73 Å². The molecular formula is C13H20FN3O. The molecule has 0 radical (unpaired) electrons. The standard InChI is InChI=1S/C13H20FN3O/c14-11-7-3-4-8-12(11)17-13(18)16-10-6-2-1-5-9-15/h3-4,7-8H,1-2,5-6,9-10,15H2,(H2,16,17,18). The lowest BCUT2D eigenvalue weighted by Crippen LogP contribution is -2.29. The van der Waals surface area contributed by atoms with Gasteiger partial charge in [0.15, 0.2) is 0 Å². The molecule has 2 amide bonds. The highest BCUT2D eigenvalue weighted by atomic mass is 19.1. The Kier molecular flexibility index (Phi) is 6.79. The summed E-state index contributed by atoms with van der Waals surface area (Å²) in [6, 6.07) is 5.71. The van der Waals surface area contributed by atoms with Crippen LogP contribution in [0.15, 0.2) is 24.3 Å². The molecule has 0 bridgehead atoms. The maximum absolute atomic E-state index is 13.2. The second-order valence-electron chi connectivity index (χ2n) is 4.06. The number of carbonyl (C=O) groups is 1. The quantitative estimate of drug-likeness (QED) is 0.653. The van der Waals surface area contributed by atoms with Crippen molar-refractivity contribution in [1.82, 2.24) is 5.32 Å². The number of nitrogens with one attached hydrogen (secondary N) is 2. The van der Waals surface area contributed by atoms with Crippen molar-refractivity contribution >= 4 is 11.7 Å². The molecule has 0 fully saturated rings. The zero-order valence-corrected chi connectivity index (χ0v) is 10.4. The lowest BCUT2D eigenvalue weighted by atomic mass is 10.2. The molecule has 1 aromatic carbocycles. The van der Waals surface area contributed by atoms with E-state index < -0.39 is 5.82 Å². The highest BCUT2D eigenvalue weighted by Gasteiger charge is 2.04. The number of unbranched alkanes of at least 4 members (excludes halogenated alkanes) is 3. The molecule has 1 rings (SSSR count). The lowest BCUT2D eigenvalue weighted by Gasteiger charge is -2.08. The number of rotatable bonds is 7. The van der Waals surface area contributed by atoms with Crippen molar-refractivity contribution in [1.29, 1.82) is 0 Å². The van der Waals surface area contributed by atoms with Crippen molar-refractivity contribution < 1.29 is 9.18 Å². The van der Waals surface area contributed by atoms with E-state index in [2.05, 4.69) is 10.6 Å². The maximum Gasteiger partial charge on any atom is 0.319 e. The fourth-order valence-electron chi connectivity index (χ4n) is 1.55. The van der Waals surface area contributed by atoms with Gasteiger partial charge in [-0.3, -0.25) is 0 Å². The topological polar surface area (TPSA) is 67.1 Å². The third kappa shape index (κ3) is 5.63. The van der Waals surface area contributed by atoms with Crippen molar-refractivity contribution in [2.75, 3.05) is 18.4 Å². The Morgan fingerprint density at radius 1 is 1.17 bits per heavy atom. The fraction of sp³-hybridized carbons (Fsp3) is 0.462. The summed E-state index contributed by atoms with van der Waals surface area (Å²) >= 11 is 0. The largest absolute Gasteiger partial charge is 0.338 e. The number of benzene rings is 1. The number of nitrogens with two attached hydrogens (primary N) is 1. The summed E-state index contributed by atoms with van der Waals surface area (Å²) in [7, 11) is 0. The van der Waals surface area contributed by atoms with Crippen molar-refractivity contribution in [3.05, 3.63) is 30.1 Å². The van der Waals surface area contributed by atoms with E-state index in [4.69, 9.17) is 5.73 Å². The van der Waals surface area contributed by atoms with Gasteiger partial charge >= 0.3 is 6.03 Å². The predicted molar refractivity (Wildman–Crippen MR) is 70.9 cm³/mol. The molecule has 0 unspecified atom stereocenters. The van der Waals surface area contributed by atoms with Crippen LogP contribution in [-0.2, 0) is 0 Å². The monoisotopic (exact) mass is 253 g/mol. The van der Waals surface area contributed by atoms with Crippen LogP contribution < -0.4 is 16.4 Å². The van der Waals surface area contributed by atoms with Gasteiger partial charge in [0.25, 0.3) is 0 Å². The number of amides is 2. The van der Waals surface area contributed by atoms with E-state index in [1.165, 1.54) is 12.1 Å². The first-order valence-corrected chi connectivity index (χ1v) is 6.23. The predicted octanol–water partition coefficient (Wildman–Crippen LogP) is 2.47. The average molecular weight is 253 g/mol. The highest BCUT2D eigenvalue weighted by Crippen LogP contribution is 2.11. The van der Waals surface area contributed by atoms with Crippen LogP contribution in [0.25, 0.3) is 0 Å². The third-order valence-electron chi connectivity index (χ3n) is 2.54. The molecule has 4 nitrogen and oxygen atoms in total. The molecule has 1 aromatic rings. The molecule has 0 spiro atoms. The summed E-state index contributed by atoms with van der Waals surface area (Å²) in [6.07, 6.45) is 4.04. The molecule has 0 aromatic heterocycles. The van der Waals surface area contributed by atoms with E-state index in [9.17, 15) is 9.18 Å². The van der Waals surface area contributed by atoms with E-state index in [0.717, 1.165) is 25.7 Å². The van der Waals surface area contributed by atoms with Gasteiger partial charge in [-0.25, -0.2) is 9.18 Å². The van der Waals surface area contributed by atoms with Crippen LogP contribution in [0.5, 0.6) is 0 Å². The molecule has 0 aliphatic heterocycles. The zero-order chi connectivity index (χ0) is 13.2. The van der Waals surface area contributed by atoms with E-state index >= 15 is 0 Å². The van der Waals surface area contributed by atoms with Gasteiger partial charge in [-0.15, -0.1) is 0 Å². The van der Waals surface area contributed by atoms with Crippen molar-refractivity contribution in [3.63, 3.8) is 0 Å². The van der Waals surface area contributed by atoms with Gasteiger partial charge in [0, 0.05) is 6.54 Å². The molecule has 5 heteroatoms. The van der Waals surface area contributed by atoms with Crippen LogP contribution in [0.2, 0.25) is 0 Å². The van der Waals surface area contributed by atoms with Crippen molar-refractivity contribution in [3.8, 4) is 0 Å². The Hall–Kier alpha value is -1.62. The lowest BCUT2D eigenvalue weighted by molar-refractivity contribution is 0.251.